The molecule has 0 aliphatic carbocycles. The number of aryl methyl sites for hydroxylation is 2. The fourth-order valence-electron chi connectivity index (χ4n) is 2.89. The van der Waals surface area contributed by atoms with E-state index in [0.717, 1.165) is 23.4 Å². The second kappa shape index (κ2) is 6.39. The number of amides is 3. The molecular weight excluding hydrogens is 306 g/mol. The lowest BCUT2D eigenvalue weighted by molar-refractivity contribution is 0.0995. The van der Waals surface area contributed by atoms with E-state index in [2.05, 4.69) is 10.6 Å². The van der Waals surface area contributed by atoms with Crippen LogP contribution in [0.5, 0.6) is 0 Å². The number of anilines is 2. The molecule has 6 heteroatoms. The SMILES string of the molecule is CCc1oc(C(=O)Nc2cccc(N3C(=O)NCC3C)c2)cc1C. The zero-order valence-corrected chi connectivity index (χ0v) is 14.1. The maximum Gasteiger partial charge on any atom is 0.322 e. The minimum Gasteiger partial charge on any atom is -0.456 e. The van der Waals surface area contributed by atoms with E-state index in [9.17, 15) is 9.59 Å². The molecular formula is C18H21N3O3. The van der Waals surface area contributed by atoms with E-state index in [1.165, 1.54) is 0 Å². The number of rotatable bonds is 4. The lowest BCUT2D eigenvalue weighted by Crippen LogP contribution is -2.32. The van der Waals surface area contributed by atoms with Crippen LogP contribution in [0.2, 0.25) is 0 Å². The molecule has 1 aromatic heterocycles. The van der Waals surface area contributed by atoms with Crippen molar-refractivity contribution in [3.8, 4) is 0 Å². The van der Waals surface area contributed by atoms with Crippen molar-refractivity contribution >= 4 is 23.3 Å². The molecule has 2 N–H and O–H groups in total. The Labute approximate surface area is 140 Å². The molecule has 0 spiro atoms. The fraction of sp³-hybridized carbons (Fsp3) is 0.333. The Morgan fingerprint density at radius 3 is 2.83 bits per heavy atom. The Balaban J connectivity index is 1.79. The van der Waals surface area contributed by atoms with Gasteiger partial charge in [0.05, 0.1) is 6.04 Å². The van der Waals surface area contributed by atoms with Gasteiger partial charge in [-0.15, -0.1) is 0 Å². The smallest absolute Gasteiger partial charge is 0.322 e. The van der Waals surface area contributed by atoms with E-state index in [-0.39, 0.29) is 18.0 Å². The number of benzene rings is 1. The van der Waals surface area contributed by atoms with Gasteiger partial charge in [0.2, 0.25) is 0 Å². The average molecular weight is 327 g/mol. The van der Waals surface area contributed by atoms with Gasteiger partial charge in [0.15, 0.2) is 5.76 Å². The van der Waals surface area contributed by atoms with Gasteiger partial charge >= 0.3 is 6.03 Å². The Bertz CT molecular complexity index is 782. The van der Waals surface area contributed by atoms with Crippen LogP contribution in [0.1, 0.15) is 35.7 Å². The molecule has 6 nitrogen and oxygen atoms in total. The van der Waals surface area contributed by atoms with E-state index in [0.29, 0.717) is 18.0 Å². The fourth-order valence-corrected chi connectivity index (χ4v) is 2.89. The van der Waals surface area contributed by atoms with Gasteiger partial charge in [-0.1, -0.05) is 13.0 Å². The molecule has 1 saturated heterocycles. The molecule has 0 radical (unpaired) electrons. The third kappa shape index (κ3) is 2.99. The van der Waals surface area contributed by atoms with E-state index in [1.54, 1.807) is 23.1 Å². The van der Waals surface area contributed by atoms with Crippen LogP contribution >= 0.6 is 0 Å². The van der Waals surface area contributed by atoms with E-state index < -0.39 is 0 Å². The third-order valence-corrected chi connectivity index (χ3v) is 4.16. The lowest BCUT2D eigenvalue weighted by atomic mass is 10.2. The maximum absolute atomic E-state index is 12.4. The van der Waals surface area contributed by atoms with Crippen molar-refractivity contribution in [2.45, 2.75) is 33.2 Å². The van der Waals surface area contributed by atoms with Crippen LogP contribution in [0, 0.1) is 6.92 Å². The highest BCUT2D eigenvalue weighted by atomic mass is 16.4. The highest BCUT2D eigenvalue weighted by Crippen LogP contribution is 2.24. The van der Waals surface area contributed by atoms with Crippen molar-refractivity contribution < 1.29 is 14.0 Å². The zero-order chi connectivity index (χ0) is 17.3. The molecule has 1 aromatic carbocycles. The quantitative estimate of drug-likeness (QED) is 0.904. The van der Waals surface area contributed by atoms with Crippen molar-refractivity contribution in [1.29, 1.82) is 0 Å². The monoisotopic (exact) mass is 327 g/mol. The molecule has 3 rings (SSSR count). The van der Waals surface area contributed by atoms with Crippen LogP contribution < -0.4 is 15.5 Å². The summed E-state index contributed by atoms with van der Waals surface area (Å²) in [5.41, 5.74) is 2.34. The standard InChI is InChI=1S/C18H21N3O3/c1-4-15-11(2)8-16(24-15)17(22)20-13-6-5-7-14(9-13)21-12(3)10-19-18(21)23/h5-9,12H,4,10H2,1-3H3,(H,19,23)(H,20,22). The van der Waals surface area contributed by atoms with Crippen LogP contribution in [-0.4, -0.2) is 24.5 Å². The summed E-state index contributed by atoms with van der Waals surface area (Å²) in [4.78, 5) is 26.0. The summed E-state index contributed by atoms with van der Waals surface area (Å²) < 4.78 is 5.58. The van der Waals surface area contributed by atoms with Crippen LogP contribution in [0.3, 0.4) is 0 Å². The number of nitrogens with one attached hydrogen (secondary N) is 2. The molecule has 1 aliphatic rings. The van der Waals surface area contributed by atoms with Crippen LogP contribution in [0.25, 0.3) is 0 Å². The molecule has 1 atom stereocenters. The van der Waals surface area contributed by atoms with E-state index in [4.69, 9.17) is 4.42 Å². The topological polar surface area (TPSA) is 74.6 Å². The minimum atomic E-state index is -0.297. The summed E-state index contributed by atoms with van der Waals surface area (Å²) in [6.45, 7) is 6.49. The van der Waals surface area contributed by atoms with Gasteiger partial charge in [-0.3, -0.25) is 9.69 Å². The van der Waals surface area contributed by atoms with Gasteiger partial charge in [-0.2, -0.15) is 0 Å². The van der Waals surface area contributed by atoms with Gasteiger partial charge in [0.1, 0.15) is 5.76 Å². The molecule has 1 fully saturated rings. The molecule has 2 heterocycles. The van der Waals surface area contributed by atoms with Gasteiger partial charge in [0, 0.05) is 24.3 Å². The predicted molar refractivity (Wildman–Crippen MR) is 92.6 cm³/mol. The number of carbonyl (C=O) groups is 2. The lowest BCUT2D eigenvalue weighted by Gasteiger charge is -2.20. The maximum atomic E-state index is 12.4. The average Bonchev–Trinajstić information content (AvgIpc) is 3.10. The van der Waals surface area contributed by atoms with Gasteiger partial charge < -0.3 is 15.1 Å². The number of urea groups is 1. The van der Waals surface area contributed by atoms with Crippen LogP contribution in [0.15, 0.2) is 34.7 Å². The predicted octanol–water partition coefficient (Wildman–Crippen LogP) is 3.32. The number of carbonyl (C=O) groups excluding carboxylic acids is 2. The first kappa shape index (κ1) is 16.1. The Kier molecular flexibility index (Phi) is 4.29. The first-order valence-corrected chi connectivity index (χ1v) is 8.07. The summed E-state index contributed by atoms with van der Waals surface area (Å²) in [5.74, 6) is 0.812. The second-order valence-electron chi connectivity index (χ2n) is 5.98. The number of hydrogen-bond donors (Lipinski definition) is 2. The second-order valence-corrected chi connectivity index (χ2v) is 5.98. The largest absolute Gasteiger partial charge is 0.456 e. The van der Waals surface area contributed by atoms with E-state index >= 15 is 0 Å². The van der Waals surface area contributed by atoms with Gasteiger partial charge in [-0.05, 0) is 43.7 Å². The van der Waals surface area contributed by atoms with Crippen molar-refractivity contribution in [2.24, 2.45) is 0 Å². The number of furan rings is 1. The Hall–Kier alpha value is -2.76. The molecule has 3 amide bonds. The van der Waals surface area contributed by atoms with Crippen molar-refractivity contribution in [3.63, 3.8) is 0 Å². The van der Waals surface area contributed by atoms with Crippen LogP contribution in [0.4, 0.5) is 16.2 Å². The third-order valence-electron chi connectivity index (χ3n) is 4.16. The molecule has 126 valence electrons. The summed E-state index contributed by atoms with van der Waals surface area (Å²) >= 11 is 0. The molecule has 0 bridgehead atoms. The molecule has 1 aliphatic heterocycles. The molecule has 2 aromatic rings. The summed E-state index contributed by atoms with van der Waals surface area (Å²) in [6.07, 6.45) is 0.747. The summed E-state index contributed by atoms with van der Waals surface area (Å²) in [7, 11) is 0. The van der Waals surface area contributed by atoms with Crippen LogP contribution in [-0.2, 0) is 6.42 Å². The van der Waals surface area contributed by atoms with Gasteiger partial charge in [-0.25, -0.2) is 4.79 Å². The summed E-state index contributed by atoms with van der Waals surface area (Å²) in [6, 6.07) is 8.93. The highest BCUT2D eigenvalue weighted by Gasteiger charge is 2.28. The number of hydrogen-bond acceptors (Lipinski definition) is 3. The molecule has 0 saturated carbocycles. The Morgan fingerprint density at radius 2 is 2.21 bits per heavy atom. The van der Waals surface area contributed by atoms with Crippen molar-refractivity contribution in [1.82, 2.24) is 5.32 Å². The van der Waals surface area contributed by atoms with Crippen molar-refractivity contribution in [2.75, 3.05) is 16.8 Å². The zero-order valence-electron chi connectivity index (χ0n) is 14.1. The Morgan fingerprint density at radius 1 is 1.42 bits per heavy atom. The number of nitrogens with zero attached hydrogens (tertiary/aromatic N) is 1. The first-order valence-electron chi connectivity index (χ1n) is 8.07. The highest BCUT2D eigenvalue weighted by molar-refractivity contribution is 6.03. The molecule has 1 unspecified atom stereocenters. The van der Waals surface area contributed by atoms with Gasteiger partial charge in [0.25, 0.3) is 5.91 Å². The minimum absolute atomic E-state index is 0.0725. The van der Waals surface area contributed by atoms with E-state index in [1.807, 2.05) is 32.9 Å². The summed E-state index contributed by atoms with van der Waals surface area (Å²) in [5, 5.41) is 5.63. The normalized spacial score (nSPS) is 17.0. The first-order chi connectivity index (χ1) is 11.5. The molecule has 24 heavy (non-hydrogen) atoms. The van der Waals surface area contributed by atoms with Crippen molar-refractivity contribution in [3.05, 3.63) is 47.4 Å².